The Morgan fingerprint density at radius 1 is 1.41 bits per heavy atom. The Balaban J connectivity index is 1.72. The molecular formula is C14H20BrNO. The average Bonchev–Trinajstić information content (AvgIpc) is 2.83. The summed E-state index contributed by atoms with van der Waals surface area (Å²) >= 11 is 3.45. The van der Waals surface area contributed by atoms with Gasteiger partial charge in [-0.05, 0) is 50.4 Å². The van der Waals surface area contributed by atoms with E-state index in [2.05, 4.69) is 52.4 Å². The fraction of sp³-hybridized carbons (Fsp3) is 0.571. The lowest BCUT2D eigenvalue weighted by molar-refractivity contribution is 0.103. The highest BCUT2D eigenvalue weighted by molar-refractivity contribution is 9.10. The molecule has 2 nitrogen and oxygen atoms in total. The molecule has 0 aliphatic carbocycles. The highest BCUT2D eigenvalue weighted by Crippen LogP contribution is 2.18. The molecule has 1 aromatic carbocycles. The zero-order chi connectivity index (χ0) is 12.1. The molecule has 2 unspecified atom stereocenters. The second kappa shape index (κ2) is 6.53. The van der Waals surface area contributed by atoms with Crippen molar-refractivity contribution in [1.29, 1.82) is 0 Å². The van der Waals surface area contributed by atoms with Crippen molar-refractivity contribution in [1.82, 2.24) is 5.32 Å². The smallest absolute Gasteiger partial charge is 0.0588 e. The maximum atomic E-state index is 5.61. The first-order chi connectivity index (χ1) is 8.25. The van der Waals surface area contributed by atoms with E-state index in [0.717, 1.165) is 24.0 Å². The summed E-state index contributed by atoms with van der Waals surface area (Å²) < 4.78 is 6.74. The van der Waals surface area contributed by atoms with Gasteiger partial charge >= 0.3 is 0 Å². The van der Waals surface area contributed by atoms with Gasteiger partial charge in [0.2, 0.25) is 0 Å². The van der Waals surface area contributed by atoms with Gasteiger partial charge in [0.25, 0.3) is 0 Å². The molecule has 1 aliphatic rings. The molecule has 1 aliphatic heterocycles. The van der Waals surface area contributed by atoms with E-state index in [0.29, 0.717) is 12.1 Å². The van der Waals surface area contributed by atoms with Crippen molar-refractivity contribution in [2.45, 2.75) is 38.3 Å². The van der Waals surface area contributed by atoms with Gasteiger partial charge in [0, 0.05) is 17.1 Å². The molecule has 0 aromatic heterocycles. The molecule has 2 atom stereocenters. The first kappa shape index (κ1) is 13.1. The molecular weight excluding hydrogens is 278 g/mol. The first-order valence-corrected chi connectivity index (χ1v) is 7.15. The van der Waals surface area contributed by atoms with E-state index < -0.39 is 0 Å². The van der Waals surface area contributed by atoms with E-state index in [9.17, 15) is 0 Å². The van der Waals surface area contributed by atoms with E-state index in [1.54, 1.807) is 0 Å². The van der Waals surface area contributed by atoms with Crippen molar-refractivity contribution < 1.29 is 4.74 Å². The molecule has 3 heteroatoms. The Labute approximate surface area is 112 Å². The van der Waals surface area contributed by atoms with Crippen LogP contribution in [0.25, 0.3) is 0 Å². The van der Waals surface area contributed by atoms with Gasteiger partial charge in [0.15, 0.2) is 0 Å². The highest BCUT2D eigenvalue weighted by atomic mass is 79.9. The standard InChI is InChI=1S/C14H20BrNO/c1-11(12-4-6-13(15)7-5-12)16-9-8-14-3-2-10-17-14/h4-7,11,14,16H,2-3,8-10H2,1H3. The second-order valence-electron chi connectivity index (χ2n) is 4.65. The fourth-order valence-corrected chi connectivity index (χ4v) is 2.47. The van der Waals surface area contributed by atoms with Crippen LogP contribution in [-0.4, -0.2) is 19.3 Å². The van der Waals surface area contributed by atoms with E-state index in [1.807, 2.05) is 0 Å². The maximum absolute atomic E-state index is 5.61. The topological polar surface area (TPSA) is 21.3 Å². The number of hydrogen-bond donors (Lipinski definition) is 1. The minimum Gasteiger partial charge on any atom is -0.378 e. The number of benzene rings is 1. The molecule has 0 amide bonds. The zero-order valence-corrected chi connectivity index (χ0v) is 11.9. The second-order valence-corrected chi connectivity index (χ2v) is 5.57. The van der Waals surface area contributed by atoms with Crippen LogP contribution in [0.15, 0.2) is 28.7 Å². The van der Waals surface area contributed by atoms with Gasteiger partial charge in [-0.2, -0.15) is 0 Å². The normalized spacial score (nSPS) is 21.6. The van der Waals surface area contributed by atoms with E-state index in [-0.39, 0.29) is 0 Å². The van der Waals surface area contributed by atoms with Gasteiger partial charge in [-0.3, -0.25) is 0 Å². The Bertz CT molecular complexity index is 333. The summed E-state index contributed by atoms with van der Waals surface area (Å²) in [5, 5.41) is 3.55. The number of ether oxygens (including phenoxy) is 1. The summed E-state index contributed by atoms with van der Waals surface area (Å²) in [4.78, 5) is 0. The molecule has 1 saturated heterocycles. The van der Waals surface area contributed by atoms with Crippen LogP contribution in [-0.2, 0) is 4.74 Å². The minimum atomic E-state index is 0.407. The van der Waals surface area contributed by atoms with Gasteiger partial charge in [0.1, 0.15) is 0 Å². The van der Waals surface area contributed by atoms with Gasteiger partial charge in [0.05, 0.1) is 6.10 Å². The van der Waals surface area contributed by atoms with Crippen LogP contribution < -0.4 is 5.32 Å². The SMILES string of the molecule is CC(NCCC1CCCO1)c1ccc(Br)cc1. The Morgan fingerprint density at radius 3 is 2.82 bits per heavy atom. The van der Waals surface area contributed by atoms with Crippen molar-refractivity contribution in [3.8, 4) is 0 Å². The molecule has 94 valence electrons. The highest BCUT2D eigenvalue weighted by Gasteiger charge is 2.15. The van der Waals surface area contributed by atoms with Crippen LogP contribution in [0.1, 0.15) is 37.8 Å². The van der Waals surface area contributed by atoms with E-state index >= 15 is 0 Å². The summed E-state index contributed by atoms with van der Waals surface area (Å²) in [6, 6.07) is 8.91. The number of hydrogen-bond acceptors (Lipinski definition) is 2. The van der Waals surface area contributed by atoms with E-state index in [4.69, 9.17) is 4.74 Å². The van der Waals surface area contributed by atoms with Crippen LogP contribution in [0.5, 0.6) is 0 Å². The lowest BCUT2D eigenvalue weighted by Crippen LogP contribution is -2.23. The third kappa shape index (κ3) is 4.09. The van der Waals surface area contributed by atoms with Gasteiger partial charge < -0.3 is 10.1 Å². The van der Waals surface area contributed by atoms with Crippen molar-refractivity contribution in [3.63, 3.8) is 0 Å². The summed E-state index contributed by atoms with van der Waals surface area (Å²) in [5.41, 5.74) is 1.33. The van der Waals surface area contributed by atoms with Crippen LogP contribution in [0, 0.1) is 0 Å². The molecule has 0 bridgehead atoms. The molecule has 2 rings (SSSR count). The molecule has 1 heterocycles. The number of nitrogens with one attached hydrogen (secondary N) is 1. The predicted octanol–water partition coefficient (Wildman–Crippen LogP) is 3.67. The molecule has 1 N–H and O–H groups in total. The lowest BCUT2D eigenvalue weighted by atomic mass is 10.1. The monoisotopic (exact) mass is 297 g/mol. The van der Waals surface area contributed by atoms with Gasteiger partial charge in [-0.15, -0.1) is 0 Å². The van der Waals surface area contributed by atoms with Gasteiger partial charge in [-0.25, -0.2) is 0 Å². The summed E-state index contributed by atoms with van der Waals surface area (Å²) in [6.07, 6.45) is 4.07. The summed E-state index contributed by atoms with van der Waals surface area (Å²) in [6.45, 7) is 4.19. The van der Waals surface area contributed by atoms with Crippen molar-refractivity contribution in [3.05, 3.63) is 34.3 Å². The fourth-order valence-electron chi connectivity index (χ4n) is 2.20. The van der Waals surface area contributed by atoms with Crippen molar-refractivity contribution >= 4 is 15.9 Å². The maximum Gasteiger partial charge on any atom is 0.0588 e. The predicted molar refractivity (Wildman–Crippen MR) is 74.2 cm³/mol. The van der Waals surface area contributed by atoms with Crippen LogP contribution in [0.2, 0.25) is 0 Å². The number of rotatable bonds is 5. The largest absolute Gasteiger partial charge is 0.378 e. The average molecular weight is 298 g/mol. The summed E-state index contributed by atoms with van der Waals surface area (Å²) in [5.74, 6) is 0. The first-order valence-electron chi connectivity index (χ1n) is 6.36. The molecule has 1 fully saturated rings. The Kier molecular flexibility index (Phi) is 5.01. The molecule has 0 saturated carbocycles. The summed E-state index contributed by atoms with van der Waals surface area (Å²) in [7, 11) is 0. The van der Waals surface area contributed by atoms with E-state index in [1.165, 1.54) is 18.4 Å². The lowest BCUT2D eigenvalue weighted by Gasteiger charge is -2.16. The third-order valence-electron chi connectivity index (χ3n) is 3.31. The van der Waals surface area contributed by atoms with Gasteiger partial charge in [-0.1, -0.05) is 28.1 Å². The van der Waals surface area contributed by atoms with Crippen LogP contribution >= 0.6 is 15.9 Å². The third-order valence-corrected chi connectivity index (χ3v) is 3.84. The molecule has 0 spiro atoms. The zero-order valence-electron chi connectivity index (χ0n) is 10.3. The quantitative estimate of drug-likeness (QED) is 0.895. The molecule has 0 radical (unpaired) electrons. The van der Waals surface area contributed by atoms with Crippen LogP contribution in [0.4, 0.5) is 0 Å². The van der Waals surface area contributed by atoms with Crippen LogP contribution in [0.3, 0.4) is 0 Å². The Morgan fingerprint density at radius 2 is 2.18 bits per heavy atom. The van der Waals surface area contributed by atoms with Crippen molar-refractivity contribution in [2.24, 2.45) is 0 Å². The van der Waals surface area contributed by atoms with Crippen molar-refractivity contribution in [2.75, 3.05) is 13.2 Å². The minimum absolute atomic E-state index is 0.407. The molecule has 1 aromatic rings. The Hall–Kier alpha value is -0.380. The molecule has 17 heavy (non-hydrogen) atoms. The number of halogens is 1.